The van der Waals surface area contributed by atoms with Crippen LogP contribution < -0.4 is 9.47 Å². The molecule has 0 spiro atoms. The van der Waals surface area contributed by atoms with Crippen LogP contribution in [-0.2, 0) is 4.79 Å². The van der Waals surface area contributed by atoms with Gasteiger partial charge in [-0.25, -0.2) is 9.83 Å². The van der Waals surface area contributed by atoms with Crippen molar-refractivity contribution in [3.63, 3.8) is 0 Å². The average molecular weight is 444 g/mol. The van der Waals surface area contributed by atoms with Gasteiger partial charge in [0, 0.05) is 18.8 Å². The monoisotopic (exact) mass is 444 g/mol. The lowest BCUT2D eigenvalue weighted by atomic mass is 9.93. The van der Waals surface area contributed by atoms with Gasteiger partial charge in [0.25, 0.3) is 11.7 Å². The van der Waals surface area contributed by atoms with Crippen LogP contribution >= 0.6 is 0 Å². The predicted molar refractivity (Wildman–Crippen MR) is 124 cm³/mol. The topological polar surface area (TPSA) is 88.9 Å². The Kier molecular flexibility index (Phi) is 6.13. The Labute approximate surface area is 191 Å². The molecule has 8 heteroatoms. The van der Waals surface area contributed by atoms with Crippen molar-refractivity contribution in [3.05, 3.63) is 70.8 Å². The number of carbonyl (C=O) groups excluding carboxylic acids is 2. The number of likely N-dealkylation sites (tertiary alicyclic amines) is 1. The molecule has 1 aliphatic rings. The van der Waals surface area contributed by atoms with E-state index in [4.69, 9.17) is 16.0 Å². The lowest BCUT2D eigenvalue weighted by Crippen LogP contribution is -2.46. The molecule has 1 aliphatic heterocycles. The number of carbonyl (C=O) groups is 2. The number of nitrogens with one attached hydrogen (secondary N) is 1. The van der Waals surface area contributed by atoms with E-state index in [-0.39, 0.29) is 11.6 Å². The molecule has 1 atom stereocenters. The van der Waals surface area contributed by atoms with Gasteiger partial charge in [-0.2, -0.15) is 0 Å². The van der Waals surface area contributed by atoms with Gasteiger partial charge in [0.1, 0.15) is 11.3 Å². The first kappa shape index (κ1) is 22.1. The maximum Gasteiger partial charge on any atom is 0.295 e. The van der Waals surface area contributed by atoms with Crippen LogP contribution in [0.25, 0.3) is 21.4 Å². The van der Waals surface area contributed by atoms with Crippen molar-refractivity contribution in [3.8, 4) is 11.6 Å². The summed E-state index contributed by atoms with van der Waals surface area (Å²) in [5.41, 5.74) is 3.22. The molecule has 1 saturated heterocycles. The van der Waals surface area contributed by atoms with Gasteiger partial charge in [-0.05, 0) is 25.3 Å². The minimum absolute atomic E-state index is 0.214. The molecule has 0 saturated carbocycles. The molecular weight excluding hydrogens is 420 g/mol. The highest BCUT2D eigenvalue weighted by atomic mass is 16.5. The van der Waals surface area contributed by atoms with E-state index in [2.05, 4.69) is 14.8 Å². The summed E-state index contributed by atoms with van der Waals surface area (Å²) in [6.45, 7) is 9.92. The lowest BCUT2D eigenvalue weighted by molar-refractivity contribution is -0.128. The van der Waals surface area contributed by atoms with Crippen LogP contribution in [-0.4, -0.2) is 53.4 Å². The molecule has 0 bridgehead atoms. The Morgan fingerprint density at radius 2 is 1.97 bits per heavy atom. The van der Waals surface area contributed by atoms with Gasteiger partial charge in [0.2, 0.25) is 5.88 Å². The zero-order valence-corrected chi connectivity index (χ0v) is 18.7. The third kappa shape index (κ3) is 3.94. The average Bonchev–Trinajstić information content (AvgIpc) is 3.29. The molecule has 2 aromatic heterocycles. The molecule has 3 aromatic rings. The van der Waals surface area contributed by atoms with Crippen LogP contribution in [0, 0.1) is 6.57 Å². The first-order valence-electron chi connectivity index (χ1n) is 10.6. The summed E-state index contributed by atoms with van der Waals surface area (Å²) in [6.07, 6.45) is 4.04. The minimum Gasteiger partial charge on any atom is -0.494 e. The zero-order valence-electron chi connectivity index (χ0n) is 18.7. The maximum atomic E-state index is 13.2. The van der Waals surface area contributed by atoms with E-state index in [1.54, 1.807) is 4.90 Å². The number of nitrogens with zero attached hydrogens (tertiary/aromatic N) is 3. The van der Waals surface area contributed by atoms with E-state index in [1.165, 1.54) is 26.6 Å². The highest BCUT2D eigenvalue weighted by molar-refractivity contribution is 6.45. The van der Waals surface area contributed by atoms with Gasteiger partial charge in [-0.1, -0.05) is 35.9 Å². The fraction of sp³-hybridized carbons (Fsp3) is 0.280. The number of ether oxygens (including phenoxy) is 2. The second-order valence-corrected chi connectivity index (χ2v) is 7.85. The summed E-state index contributed by atoms with van der Waals surface area (Å²) in [5.74, 6) is -0.513. The quantitative estimate of drug-likeness (QED) is 0.364. The molecule has 1 fully saturated rings. The molecule has 168 valence electrons. The number of H-pyrrole nitrogens is 1. The first-order valence-corrected chi connectivity index (χ1v) is 10.6. The van der Waals surface area contributed by atoms with Crippen molar-refractivity contribution >= 4 is 28.3 Å². The minimum atomic E-state index is -0.624. The molecular formula is C25H24N4O4. The molecule has 0 aliphatic carbocycles. The number of benzene rings is 1. The number of methoxy groups -OCH3 is 2. The van der Waals surface area contributed by atoms with Crippen LogP contribution in [0.1, 0.15) is 35.7 Å². The van der Waals surface area contributed by atoms with Crippen molar-refractivity contribution in [2.24, 2.45) is 0 Å². The molecule has 0 radical (unpaired) electrons. The fourth-order valence-electron chi connectivity index (χ4n) is 4.33. The van der Waals surface area contributed by atoms with Gasteiger partial charge >= 0.3 is 0 Å². The highest BCUT2D eigenvalue weighted by Crippen LogP contribution is 2.35. The number of hydrogen-bond donors (Lipinski definition) is 1. The third-order valence-electron chi connectivity index (χ3n) is 5.97. The Morgan fingerprint density at radius 1 is 1.21 bits per heavy atom. The third-order valence-corrected chi connectivity index (χ3v) is 5.97. The summed E-state index contributed by atoms with van der Waals surface area (Å²) >= 11 is 0. The Morgan fingerprint density at radius 3 is 2.61 bits per heavy atom. The van der Waals surface area contributed by atoms with E-state index in [1.807, 2.05) is 37.3 Å². The van der Waals surface area contributed by atoms with Gasteiger partial charge in [0.15, 0.2) is 5.70 Å². The number of aromatic amines is 1. The van der Waals surface area contributed by atoms with Crippen molar-refractivity contribution in [2.45, 2.75) is 25.8 Å². The van der Waals surface area contributed by atoms with E-state index in [0.29, 0.717) is 47.6 Å². The highest BCUT2D eigenvalue weighted by Gasteiger charge is 2.33. The van der Waals surface area contributed by atoms with Crippen molar-refractivity contribution in [1.29, 1.82) is 0 Å². The van der Waals surface area contributed by atoms with Crippen LogP contribution in [0.15, 0.2) is 48.3 Å². The van der Waals surface area contributed by atoms with Gasteiger partial charge in [-0.15, -0.1) is 0 Å². The number of Topliss-reactive ketones (excluding diaryl/α,β-unsaturated/α-hetero) is 1. The molecule has 3 heterocycles. The summed E-state index contributed by atoms with van der Waals surface area (Å²) in [6, 6.07) is 9.34. The van der Waals surface area contributed by atoms with Gasteiger partial charge in [-0.3, -0.25) is 9.59 Å². The van der Waals surface area contributed by atoms with E-state index >= 15 is 0 Å². The number of pyridine rings is 1. The largest absolute Gasteiger partial charge is 0.494 e. The molecule has 1 aromatic carbocycles. The van der Waals surface area contributed by atoms with Crippen LogP contribution in [0.3, 0.4) is 0 Å². The molecule has 8 nitrogen and oxygen atoms in total. The van der Waals surface area contributed by atoms with Gasteiger partial charge in [0.05, 0.1) is 37.9 Å². The number of piperidine rings is 1. The van der Waals surface area contributed by atoms with E-state index in [9.17, 15) is 9.59 Å². The predicted octanol–water partition coefficient (Wildman–Crippen LogP) is 4.10. The second kappa shape index (κ2) is 9.17. The second-order valence-electron chi connectivity index (χ2n) is 7.85. The Bertz CT molecular complexity index is 1290. The summed E-state index contributed by atoms with van der Waals surface area (Å²) in [7, 11) is 2.96. The molecule has 1 amide bonds. The maximum absolute atomic E-state index is 13.2. The number of rotatable bonds is 5. The van der Waals surface area contributed by atoms with Gasteiger partial charge < -0.3 is 19.4 Å². The number of amides is 1. The Hall–Kier alpha value is -4.12. The standard InChI is InChI=1S/C25H24N4O4/c1-15-12-17(21(26-2)16-8-6-5-7-9-16)10-11-29(15)25(31)23(30)18-13-27-22-20(18)19(32-3)14-28-24(22)33-4/h5-9,13-15,27H,10-12H2,1,3-4H3/b21-17-. The van der Waals surface area contributed by atoms with Crippen molar-refractivity contribution in [1.82, 2.24) is 14.9 Å². The fourth-order valence-corrected chi connectivity index (χ4v) is 4.33. The SMILES string of the molecule is [C-]#[N+]/C(=C1/CCN(C(=O)C(=O)c2c[nH]c3c(OC)ncc(OC)c23)C(C)C1)c1ccccc1. The normalized spacial score (nSPS) is 17.4. The Balaban J connectivity index is 1.61. The number of aromatic nitrogens is 2. The van der Waals surface area contributed by atoms with Crippen molar-refractivity contribution < 1.29 is 19.1 Å². The molecule has 4 rings (SSSR count). The first-order chi connectivity index (χ1) is 16.0. The zero-order chi connectivity index (χ0) is 23.5. The number of hydrogen-bond acceptors (Lipinski definition) is 5. The molecule has 1 N–H and O–H groups in total. The summed E-state index contributed by atoms with van der Waals surface area (Å²) in [5, 5.41) is 0.465. The van der Waals surface area contributed by atoms with E-state index in [0.717, 1.165) is 11.1 Å². The summed E-state index contributed by atoms with van der Waals surface area (Å²) < 4.78 is 10.6. The van der Waals surface area contributed by atoms with Crippen molar-refractivity contribution in [2.75, 3.05) is 20.8 Å². The molecule has 1 unspecified atom stereocenters. The van der Waals surface area contributed by atoms with Crippen LogP contribution in [0.2, 0.25) is 0 Å². The van der Waals surface area contributed by atoms with Crippen LogP contribution in [0.5, 0.6) is 11.6 Å². The number of ketones is 1. The smallest absolute Gasteiger partial charge is 0.295 e. The molecule has 33 heavy (non-hydrogen) atoms. The lowest BCUT2D eigenvalue weighted by Gasteiger charge is -2.35. The number of fused-ring (bicyclic) bond motifs is 1. The van der Waals surface area contributed by atoms with Crippen LogP contribution in [0.4, 0.5) is 0 Å². The van der Waals surface area contributed by atoms with E-state index < -0.39 is 11.7 Å². The summed E-state index contributed by atoms with van der Waals surface area (Å²) in [4.78, 5) is 38.9.